The molecule has 1 amide bonds. The number of carbonyl (C=O) groups is 1. The van der Waals surface area contributed by atoms with Crippen LogP contribution in [0.5, 0.6) is 0 Å². The molecule has 8 heteroatoms. The van der Waals surface area contributed by atoms with Crippen LogP contribution in [0, 0.1) is 0 Å². The van der Waals surface area contributed by atoms with E-state index in [1.54, 1.807) is 6.20 Å². The van der Waals surface area contributed by atoms with E-state index in [1.807, 2.05) is 43.4 Å². The molecule has 0 spiro atoms. The van der Waals surface area contributed by atoms with Crippen LogP contribution in [0.3, 0.4) is 0 Å². The molecule has 8 nitrogen and oxygen atoms in total. The number of aliphatic imine (C=N–C) groups is 2. The van der Waals surface area contributed by atoms with Gasteiger partial charge in [0.2, 0.25) is 0 Å². The number of carbonyl (C=O) groups excluding carboxylic acids is 1. The van der Waals surface area contributed by atoms with Crippen LogP contribution in [-0.2, 0) is 0 Å². The van der Waals surface area contributed by atoms with Gasteiger partial charge in [0.1, 0.15) is 5.84 Å². The van der Waals surface area contributed by atoms with Crippen LogP contribution in [0.15, 0.2) is 65.7 Å². The lowest BCUT2D eigenvalue weighted by Crippen LogP contribution is -2.35. The number of pyridine rings is 1. The largest absolute Gasteiger partial charge is 0.386 e. The van der Waals surface area contributed by atoms with E-state index in [-0.39, 0.29) is 11.9 Å². The van der Waals surface area contributed by atoms with Gasteiger partial charge in [-0.05, 0) is 57.0 Å². The van der Waals surface area contributed by atoms with Crippen molar-refractivity contribution in [2.24, 2.45) is 15.7 Å². The Morgan fingerprint density at radius 1 is 1.22 bits per heavy atom. The van der Waals surface area contributed by atoms with Crippen molar-refractivity contribution >= 4 is 29.0 Å². The first-order valence-corrected chi connectivity index (χ1v) is 12.6. The quantitative estimate of drug-likeness (QED) is 0.390. The lowest BCUT2D eigenvalue weighted by atomic mass is 10.1. The fourth-order valence-corrected chi connectivity index (χ4v) is 4.07. The fraction of sp³-hybridized carbons (Fsp3) is 0.429. The van der Waals surface area contributed by atoms with E-state index in [0.717, 1.165) is 55.3 Å². The van der Waals surface area contributed by atoms with Crippen LogP contribution in [-0.4, -0.2) is 60.7 Å². The van der Waals surface area contributed by atoms with Gasteiger partial charge in [-0.25, -0.2) is 4.99 Å². The highest BCUT2D eigenvalue weighted by Gasteiger charge is 2.23. The highest BCUT2D eigenvalue weighted by molar-refractivity contribution is 5.95. The molecule has 1 aliphatic heterocycles. The number of nitrogens with one attached hydrogen (secondary N) is 1. The van der Waals surface area contributed by atoms with E-state index in [1.165, 1.54) is 0 Å². The third kappa shape index (κ3) is 7.66. The normalized spacial score (nSPS) is 15.1. The molecule has 0 bridgehead atoms. The molecule has 0 saturated carbocycles. The third-order valence-corrected chi connectivity index (χ3v) is 6.15. The maximum Gasteiger partial charge on any atom is 0.251 e. The molecule has 1 aliphatic rings. The number of fused-ring (bicyclic) bond motifs is 1. The number of nitrogens with zero attached hydrogens (tertiary/aromatic N) is 5. The molecule has 2 aromatic rings. The van der Waals surface area contributed by atoms with Gasteiger partial charge in [-0.2, -0.15) is 0 Å². The molecule has 3 N–H and O–H groups in total. The van der Waals surface area contributed by atoms with Gasteiger partial charge in [-0.3, -0.25) is 14.8 Å². The monoisotopic (exact) mass is 491 g/mol. The second kappa shape index (κ2) is 14.7. The molecular weight excluding hydrogens is 450 g/mol. The van der Waals surface area contributed by atoms with Crippen molar-refractivity contribution in [2.75, 3.05) is 38.1 Å². The molecule has 36 heavy (non-hydrogen) atoms. The Bertz CT molecular complexity index is 1050. The van der Waals surface area contributed by atoms with Gasteiger partial charge in [-0.1, -0.05) is 13.0 Å². The summed E-state index contributed by atoms with van der Waals surface area (Å²) in [4.78, 5) is 30.9. The summed E-state index contributed by atoms with van der Waals surface area (Å²) in [7, 11) is 2.02. The Morgan fingerprint density at radius 3 is 2.72 bits per heavy atom. The Morgan fingerprint density at radius 2 is 2.00 bits per heavy atom. The summed E-state index contributed by atoms with van der Waals surface area (Å²) in [6, 6.07) is 11.6. The summed E-state index contributed by atoms with van der Waals surface area (Å²) < 4.78 is 0. The minimum absolute atomic E-state index is 0.0254. The Balaban J connectivity index is 0.00000222. The smallest absolute Gasteiger partial charge is 0.251 e. The summed E-state index contributed by atoms with van der Waals surface area (Å²) in [5, 5.41) is 3.06. The van der Waals surface area contributed by atoms with Crippen molar-refractivity contribution in [3.05, 3.63) is 67.0 Å². The Labute approximate surface area is 216 Å². The number of nitrogens with two attached hydrogens (primary N) is 1. The van der Waals surface area contributed by atoms with Gasteiger partial charge in [-0.15, -0.1) is 13.2 Å². The molecule has 1 unspecified atom stereocenters. The van der Waals surface area contributed by atoms with E-state index < -0.39 is 0 Å². The first-order valence-electron chi connectivity index (χ1n) is 12.6. The third-order valence-electron chi connectivity index (χ3n) is 6.15. The van der Waals surface area contributed by atoms with Gasteiger partial charge >= 0.3 is 0 Å². The van der Waals surface area contributed by atoms with Crippen LogP contribution in [0.1, 0.15) is 62.1 Å². The van der Waals surface area contributed by atoms with Crippen molar-refractivity contribution in [1.82, 2.24) is 15.2 Å². The SMILES string of the molecule is C=C.CCC1=NCC(N)=Nc2cccnc2C(C)N1CCCCNC(=O)c1cccc(N(C)CC)c1. The van der Waals surface area contributed by atoms with Crippen LogP contribution < -0.4 is 16.0 Å². The van der Waals surface area contributed by atoms with Crippen LogP contribution in [0.25, 0.3) is 0 Å². The highest BCUT2D eigenvalue weighted by Crippen LogP contribution is 2.29. The van der Waals surface area contributed by atoms with Gasteiger partial charge in [0.25, 0.3) is 5.91 Å². The fourth-order valence-electron chi connectivity index (χ4n) is 4.07. The Kier molecular flexibility index (Phi) is 11.6. The number of benzene rings is 1. The number of aromatic nitrogens is 1. The number of rotatable bonds is 9. The zero-order chi connectivity index (χ0) is 26.5. The van der Waals surface area contributed by atoms with Crippen molar-refractivity contribution in [1.29, 1.82) is 0 Å². The molecule has 1 aromatic carbocycles. The zero-order valence-corrected chi connectivity index (χ0v) is 22.2. The first-order chi connectivity index (χ1) is 17.4. The minimum Gasteiger partial charge on any atom is -0.386 e. The van der Waals surface area contributed by atoms with Gasteiger partial charge in [0, 0.05) is 50.6 Å². The summed E-state index contributed by atoms with van der Waals surface area (Å²) >= 11 is 0. The molecule has 0 radical (unpaired) electrons. The van der Waals surface area contributed by atoms with Crippen LogP contribution >= 0.6 is 0 Å². The van der Waals surface area contributed by atoms with E-state index in [4.69, 9.17) is 10.7 Å². The van der Waals surface area contributed by atoms with E-state index in [9.17, 15) is 4.79 Å². The average molecular weight is 492 g/mol. The van der Waals surface area contributed by atoms with Crippen LogP contribution in [0.4, 0.5) is 11.4 Å². The molecule has 0 fully saturated rings. The van der Waals surface area contributed by atoms with Crippen molar-refractivity contribution in [2.45, 2.75) is 46.1 Å². The van der Waals surface area contributed by atoms with Gasteiger partial charge in [0.15, 0.2) is 0 Å². The number of amides is 1. The van der Waals surface area contributed by atoms with Gasteiger partial charge in [0.05, 0.1) is 29.8 Å². The topological polar surface area (TPSA) is 99.2 Å². The first kappa shape index (κ1) is 28.6. The van der Waals surface area contributed by atoms with Crippen LogP contribution in [0.2, 0.25) is 0 Å². The minimum atomic E-state index is -0.0379. The molecule has 194 valence electrons. The van der Waals surface area contributed by atoms with E-state index >= 15 is 0 Å². The Hall–Kier alpha value is -3.68. The summed E-state index contributed by atoms with van der Waals surface area (Å²) in [5.74, 6) is 1.46. The zero-order valence-electron chi connectivity index (χ0n) is 22.2. The predicted molar refractivity (Wildman–Crippen MR) is 151 cm³/mol. The lowest BCUT2D eigenvalue weighted by molar-refractivity contribution is 0.0952. The lowest BCUT2D eigenvalue weighted by Gasteiger charge is -2.32. The standard InChI is InChI=1S/C26H37N7O.C2H4/c1-5-24-30-18-23(27)31-22-13-10-15-28-25(22)19(3)33(24)16-8-7-14-29-26(34)20-11-9-12-21(17-20)32(4)6-2;1-2/h9-13,15,17,19H,5-8,14,16,18H2,1-4H3,(H2,27,31)(H,29,34);1-2H2. The van der Waals surface area contributed by atoms with E-state index in [2.05, 4.69) is 59.0 Å². The molecule has 1 aromatic heterocycles. The molecular formula is C28H41N7O. The van der Waals surface area contributed by atoms with E-state index in [0.29, 0.717) is 24.5 Å². The predicted octanol–water partition coefficient (Wildman–Crippen LogP) is 4.72. The number of hydrogen-bond acceptors (Lipinski definition) is 7. The molecule has 2 heterocycles. The van der Waals surface area contributed by atoms with Crippen molar-refractivity contribution in [3.63, 3.8) is 0 Å². The molecule has 1 atom stereocenters. The summed E-state index contributed by atoms with van der Waals surface area (Å²) in [6.45, 7) is 15.0. The number of hydrogen-bond donors (Lipinski definition) is 2. The van der Waals surface area contributed by atoms with Gasteiger partial charge < -0.3 is 20.9 Å². The second-order valence-electron chi connectivity index (χ2n) is 8.49. The number of anilines is 1. The second-order valence-corrected chi connectivity index (χ2v) is 8.49. The number of unbranched alkanes of at least 4 members (excludes halogenated alkanes) is 1. The maximum absolute atomic E-state index is 12.6. The maximum atomic E-state index is 12.6. The van der Waals surface area contributed by atoms with Crippen molar-refractivity contribution < 1.29 is 4.79 Å². The highest BCUT2D eigenvalue weighted by atomic mass is 16.1. The summed E-state index contributed by atoms with van der Waals surface area (Å²) in [5.41, 5.74) is 9.53. The molecule has 3 rings (SSSR count). The summed E-state index contributed by atoms with van der Waals surface area (Å²) in [6.07, 6.45) is 4.39. The average Bonchev–Trinajstić information content (AvgIpc) is 2.96. The molecule has 0 aliphatic carbocycles. The number of amidine groups is 2. The van der Waals surface area contributed by atoms with Crippen molar-refractivity contribution in [3.8, 4) is 0 Å². The molecule has 0 saturated heterocycles.